The molecule has 1 unspecified atom stereocenters. The van der Waals surface area contributed by atoms with E-state index >= 15 is 0 Å². The lowest BCUT2D eigenvalue weighted by Gasteiger charge is -2.20. The molecule has 0 radical (unpaired) electrons. The van der Waals surface area contributed by atoms with Crippen LogP contribution >= 0.6 is 0 Å². The van der Waals surface area contributed by atoms with Gasteiger partial charge in [-0.05, 0) is 30.7 Å². The normalized spacial score (nSPS) is 20.5. The number of aromatic hydroxyl groups is 1. The molecule has 1 aromatic carbocycles. The molecule has 0 saturated carbocycles. The summed E-state index contributed by atoms with van der Waals surface area (Å²) in [5.74, 6) is 0.297. The fourth-order valence-electron chi connectivity index (χ4n) is 2.37. The maximum atomic E-state index is 9.57. The number of aliphatic hydroxyl groups is 1. The van der Waals surface area contributed by atoms with Crippen LogP contribution in [0.3, 0.4) is 0 Å². The molecule has 1 atom stereocenters. The molecular formula is C12H13NO2. The topological polar surface area (TPSA) is 45.4 Å². The molecule has 2 heterocycles. The molecule has 0 spiro atoms. The first-order valence-electron chi connectivity index (χ1n) is 5.23. The molecule has 0 fully saturated rings. The highest BCUT2D eigenvalue weighted by Crippen LogP contribution is 2.27. The van der Waals surface area contributed by atoms with Crippen LogP contribution in [0.25, 0.3) is 10.9 Å². The van der Waals surface area contributed by atoms with Gasteiger partial charge in [-0.2, -0.15) is 0 Å². The Bertz CT molecular complexity index is 516. The predicted octanol–water partition coefficient (Wildman–Crippen LogP) is 1.65. The summed E-state index contributed by atoms with van der Waals surface area (Å²) in [4.78, 5) is 0. The van der Waals surface area contributed by atoms with E-state index in [4.69, 9.17) is 0 Å². The van der Waals surface area contributed by atoms with Gasteiger partial charge in [0, 0.05) is 29.6 Å². The molecule has 0 saturated heterocycles. The van der Waals surface area contributed by atoms with Crippen LogP contribution < -0.4 is 0 Å². The van der Waals surface area contributed by atoms with Gasteiger partial charge in [0.25, 0.3) is 0 Å². The van der Waals surface area contributed by atoms with E-state index in [1.165, 1.54) is 0 Å². The quantitative estimate of drug-likeness (QED) is 0.684. The number of hydrogen-bond acceptors (Lipinski definition) is 2. The smallest absolute Gasteiger partial charge is 0.116 e. The number of phenolic OH excluding ortho intramolecular Hbond substituents is 1. The average molecular weight is 203 g/mol. The van der Waals surface area contributed by atoms with Crippen molar-refractivity contribution in [1.29, 1.82) is 0 Å². The Labute approximate surface area is 87.6 Å². The first-order chi connectivity index (χ1) is 7.24. The molecule has 78 valence electrons. The highest BCUT2D eigenvalue weighted by Gasteiger charge is 2.18. The fraction of sp³-hybridized carbons (Fsp3) is 0.333. The highest BCUT2D eigenvalue weighted by molar-refractivity contribution is 5.83. The molecule has 1 aliphatic heterocycles. The Hall–Kier alpha value is -1.48. The van der Waals surface area contributed by atoms with Crippen LogP contribution in [0.15, 0.2) is 24.3 Å². The number of aryl methyl sites for hydroxylation is 1. The SMILES string of the molecule is Oc1ccc2c(c1)cc1n2CCC(O)C1. The summed E-state index contributed by atoms with van der Waals surface area (Å²) in [6.45, 7) is 0.866. The number of nitrogens with zero attached hydrogens (tertiary/aromatic N) is 1. The first kappa shape index (κ1) is 8.80. The van der Waals surface area contributed by atoms with E-state index in [1.54, 1.807) is 12.1 Å². The third-order valence-corrected chi connectivity index (χ3v) is 3.10. The minimum absolute atomic E-state index is 0.213. The van der Waals surface area contributed by atoms with Crippen LogP contribution in [0.4, 0.5) is 0 Å². The summed E-state index contributed by atoms with van der Waals surface area (Å²) in [7, 11) is 0. The van der Waals surface area contributed by atoms with Gasteiger partial charge >= 0.3 is 0 Å². The zero-order valence-corrected chi connectivity index (χ0v) is 8.35. The summed E-state index contributed by atoms with van der Waals surface area (Å²) in [5, 5.41) is 20.0. The molecular weight excluding hydrogens is 190 g/mol. The van der Waals surface area contributed by atoms with Gasteiger partial charge in [-0.1, -0.05) is 0 Å². The van der Waals surface area contributed by atoms with E-state index in [-0.39, 0.29) is 6.10 Å². The van der Waals surface area contributed by atoms with Gasteiger partial charge in [-0.3, -0.25) is 0 Å². The third kappa shape index (κ3) is 1.31. The van der Waals surface area contributed by atoms with Gasteiger partial charge in [-0.15, -0.1) is 0 Å². The van der Waals surface area contributed by atoms with Crippen LogP contribution in [0.5, 0.6) is 5.75 Å². The number of phenols is 1. The van der Waals surface area contributed by atoms with Crippen molar-refractivity contribution < 1.29 is 10.2 Å². The van der Waals surface area contributed by atoms with Crippen molar-refractivity contribution >= 4 is 10.9 Å². The minimum atomic E-state index is -0.213. The molecule has 2 aromatic rings. The van der Waals surface area contributed by atoms with Crippen molar-refractivity contribution in [2.45, 2.75) is 25.5 Å². The van der Waals surface area contributed by atoms with Crippen molar-refractivity contribution in [2.24, 2.45) is 0 Å². The lowest BCUT2D eigenvalue weighted by Crippen LogP contribution is -2.22. The average Bonchev–Trinajstić information content (AvgIpc) is 2.53. The second-order valence-electron chi connectivity index (χ2n) is 4.18. The van der Waals surface area contributed by atoms with Crippen molar-refractivity contribution in [2.75, 3.05) is 0 Å². The van der Waals surface area contributed by atoms with Crippen molar-refractivity contribution in [1.82, 2.24) is 4.57 Å². The van der Waals surface area contributed by atoms with Gasteiger partial charge in [-0.25, -0.2) is 0 Å². The van der Waals surface area contributed by atoms with Crippen LogP contribution in [-0.4, -0.2) is 20.9 Å². The second-order valence-corrected chi connectivity index (χ2v) is 4.18. The van der Waals surface area contributed by atoms with Gasteiger partial charge in [0.05, 0.1) is 6.10 Å². The molecule has 3 nitrogen and oxygen atoms in total. The van der Waals surface area contributed by atoms with E-state index < -0.39 is 0 Å². The van der Waals surface area contributed by atoms with E-state index in [1.807, 2.05) is 6.07 Å². The van der Waals surface area contributed by atoms with Gasteiger partial charge in [0.2, 0.25) is 0 Å². The monoisotopic (exact) mass is 203 g/mol. The van der Waals surface area contributed by atoms with Gasteiger partial charge in [0.1, 0.15) is 5.75 Å². The molecule has 15 heavy (non-hydrogen) atoms. The first-order valence-corrected chi connectivity index (χ1v) is 5.23. The van der Waals surface area contributed by atoms with Gasteiger partial charge in [0.15, 0.2) is 0 Å². The number of benzene rings is 1. The highest BCUT2D eigenvalue weighted by atomic mass is 16.3. The number of aromatic nitrogens is 1. The Balaban J connectivity index is 2.23. The number of fused-ring (bicyclic) bond motifs is 3. The van der Waals surface area contributed by atoms with Crippen molar-refractivity contribution in [3.8, 4) is 5.75 Å². The standard InChI is InChI=1S/C12H13NO2/c14-10-1-2-12-8(6-10)5-9-7-11(15)3-4-13(9)12/h1-2,5-6,11,14-15H,3-4,7H2. The minimum Gasteiger partial charge on any atom is -0.508 e. The zero-order chi connectivity index (χ0) is 10.4. The Morgan fingerprint density at radius 3 is 3.00 bits per heavy atom. The van der Waals surface area contributed by atoms with E-state index in [0.29, 0.717) is 5.75 Å². The van der Waals surface area contributed by atoms with Crippen molar-refractivity contribution in [3.63, 3.8) is 0 Å². The maximum Gasteiger partial charge on any atom is 0.116 e. The Morgan fingerprint density at radius 1 is 1.27 bits per heavy atom. The van der Waals surface area contributed by atoms with Crippen LogP contribution in [0, 0.1) is 0 Å². The predicted molar refractivity (Wildman–Crippen MR) is 57.9 cm³/mol. The molecule has 0 amide bonds. The summed E-state index contributed by atoms with van der Waals surface area (Å²) in [6, 6.07) is 7.47. The Morgan fingerprint density at radius 2 is 2.13 bits per heavy atom. The number of aliphatic hydroxyl groups excluding tert-OH is 1. The van der Waals surface area contributed by atoms with E-state index in [0.717, 1.165) is 36.0 Å². The zero-order valence-electron chi connectivity index (χ0n) is 8.35. The molecule has 1 aliphatic rings. The summed E-state index contributed by atoms with van der Waals surface area (Å²) >= 11 is 0. The number of rotatable bonds is 0. The Kier molecular flexibility index (Phi) is 1.76. The van der Waals surface area contributed by atoms with Crippen LogP contribution in [-0.2, 0) is 13.0 Å². The van der Waals surface area contributed by atoms with Crippen molar-refractivity contribution in [3.05, 3.63) is 30.0 Å². The fourth-order valence-corrected chi connectivity index (χ4v) is 2.37. The molecule has 0 aliphatic carbocycles. The largest absolute Gasteiger partial charge is 0.508 e. The van der Waals surface area contributed by atoms with Gasteiger partial charge < -0.3 is 14.8 Å². The molecule has 1 aromatic heterocycles. The molecule has 3 rings (SSSR count). The summed E-state index contributed by atoms with van der Waals surface area (Å²) in [5.41, 5.74) is 2.31. The second kappa shape index (κ2) is 3.00. The third-order valence-electron chi connectivity index (χ3n) is 3.10. The molecule has 3 heteroatoms. The van der Waals surface area contributed by atoms with Crippen LogP contribution in [0.2, 0.25) is 0 Å². The summed E-state index contributed by atoms with van der Waals surface area (Å²) in [6.07, 6.45) is 1.32. The number of hydrogen-bond donors (Lipinski definition) is 2. The summed E-state index contributed by atoms with van der Waals surface area (Å²) < 4.78 is 2.22. The van der Waals surface area contributed by atoms with E-state index in [2.05, 4.69) is 10.6 Å². The molecule has 2 N–H and O–H groups in total. The van der Waals surface area contributed by atoms with E-state index in [9.17, 15) is 10.2 Å². The maximum absolute atomic E-state index is 9.57. The lowest BCUT2D eigenvalue weighted by molar-refractivity contribution is 0.144. The molecule has 0 bridgehead atoms. The van der Waals surface area contributed by atoms with Crippen LogP contribution in [0.1, 0.15) is 12.1 Å². The lowest BCUT2D eigenvalue weighted by atomic mass is 10.1.